The molecule has 26 heavy (non-hydrogen) atoms. The Balaban J connectivity index is 2.08. The van der Waals surface area contributed by atoms with Gasteiger partial charge in [-0.25, -0.2) is 9.78 Å². The van der Waals surface area contributed by atoms with E-state index in [-0.39, 0.29) is 0 Å². The first-order chi connectivity index (χ1) is 12.7. The lowest BCUT2D eigenvalue weighted by molar-refractivity contribution is -0.349. The van der Waals surface area contributed by atoms with Crippen LogP contribution in [0.15, 0.2) is 64.3 Å². The molecule has 2 heterocycles. The Morgan fingerprint density at radius 1 is 1.04 bits per heavy atom. The van der Waals surface area contributed by atoms with Crippen LogP contribution in [0.1, 0.15) is 0 Å². The third-order valence-corrected chi connectivity index (χ3v) is 4.54. The molecule has 0 radical (unpaired) electrons. The average Bonchev–Trinajstić information content (AvgIpc) is 2.67. The molecule has 0 amide bonds. The van der Waals surface area contributed by atoms with E-state index in [2.05, 4.69) is 9.97 Å². The Labute approximate surface area is 148 Å². The van der Waals surface area contributed by atoms with Crippen LogP contribution in [-0.4, -0.2) is 23.3 Å². The highest BCUT2D eigenvalue weighted by Gasteiger charge is 2.19. The molecule has 0 aliphatic heterocycles. The zero-order valence-electron chi connectivity index (χ0n) is 14.3. The smallest absolute Gasteiger partial charge is 0.381 e. The van der Waals surface area contributed by atoms with E-state index >= 15 is 0 Å². The highest BCUT2D eigenvalue weighted by molar-refractivity contribution is 6.02. The number of methoxy groups -OCH3 is 1. The van der Waals surface area contributed by atoms with Gasteiger partial charge in [-0.3, -0.25) is 9.78 Å². The van der Waals surface area contributed by atoms with E-state index < -0.39 is 11.2 Å². The van der Waals surface area contributed by atoms with Crippen molar-refractivity contribution in [3.8, 4) is 11.1 Å². The van der Waals surface area contributed by atoms with Crippen LogP contribution in [0, 0.1) is 0 Å². The number of nitrogens with zero attached hydrogens (tertiary/aromatic N) is 1. The highest BCUT2D eigenvalue weighted by Crippen LogP contribution is 2.30. The predicted octanol–water partition coefficient (Wildman–Crippen LogP) is 1.97. The fourth-order valence-corrected chi connectivity index (χ4v) is 3.34. The molecule has 0 fully saturated rings. The summed E-state index contributed by atoms with van der Waals surface area (Å²) in [5.74, 6) is 0. The van der Waals surface area contributed by atoms with Crippen LogP contribution in [-0.2, 0) is 11.3 Å². The lowest BCUT2D eigenvalue weighted by Crippen LogP contribution is -2.34. The second-order valence-electron chi connectivity index (χ2n) is 6.05. The second-order valence-corrected chi connectivity index (χ2v) is 6.05. The van der Waals surface area contributed by atoms with Gasteiger partial charge in [-0.1, -0.05) is 42.5 Å². The van der Waals surface area contributed by atoms with Crippen LogP contribution in [0.4, 0.5) is 0 Å². The predicted molar refractivity (Wildman–Crippen MR) is 100 cm³/mol. The molecule has 6 nitrogen and oxygen atoms in total. The molecule has 0 bridgehead atoms. The van der Waals surface area contributed by atoms with E-state index in [1.165, 1.54) is 4.57 Å². The van der Waals surface area contributed by atoms with Crippen LogP contribution in [0.25, 0.3) is 32.9 Å². The molecule has 6 heteroatoms. The Kier molecular flexibility index (Phi) is 4.10. The number of hydrogen-bond acceptors (Lipinski definition) is 3. The van der Waals surface area contributed by atoms with Crippen molar-refractivity contribution in [1.29, 1.82) is 0 Å². The van der Waals surface area contributed by atoms with Gasteiger partial charge in [0.05, 0.1) is 12.8 Å². The Morgan fingerprint density at radius 3 is 2.69 bits per heavy atom. The summed E-state index contributed by atoms with van der Waals surface area (Å²) in [6.07, 6.45) is 1.75. The SMILES string of the molecule is COCCn1c(=O)[nH]c(=O)c2c(-c3cccc4ccccc34)cc[nH+]c21. The summed E-state index contributed by atoms with van der Waals surface area (Å²) < 4.78 is 6.58. The number of rotatable bonds is 4. The largest absolute Gasteiger partial charge is 0.415 e. The fraction of sp³-hybridized carbons (Fsp3) is 0.150. The maximum atomic E-state index is 12.6. The number of pyridine rings is 1. The van der Waals surface area contributed by atoms with Gasteiger partial charge in [-0.2, -0.15) is 4.57 Å². The van der Waals surface area contributed by atoms with E-state index in [0.29, 0.717) is 24.2 Å². The van der Waals surface area contributed by atoms with Gasteiger partial charge in [0, 0.05) is 12.7 Å². The third kappa shape index (κ3) is 2.60. The topological polar surface area (TPSA) is 78.2 Å². The van der Waals surface area contributed by atoms with Gasteiger partial charge in [0.25, 0.3) is 11.2 Å². The standard InChI is InChI=1S/C20H17N3O3/c1-26-12-11-23-18-17(19(24)22-20(23)25)16(9-10-21-18)15-8-4-6-13-5-2-3-7-14(13)15/h2-10H,11-12H2,1H3,(H,22,24,25)/p+1. The van der Waals surface area contributed by atoms with Crippen LogP contribution >= 0.6 is 0 Å². The number of aromatic amines is 2. The van der Waals surface area contributed by atoms with Crippen molar-refractivity contribution < 1.29 is 9.72 Å². The van der Waals surface area contributed by atoms with Crippen molar-refractivity contribution in [3.63, 3.8) is 0 Å². The van der Waals surface area contributed by atoms with Crippen molar-refractivity contribution >= 4 is 21.8 Å². The van der Waals surface area contributed by atoms with E-state index in [0.717, 1.165) is 21.9 Å². The molecule has 4 rings (SSSR count). The molecule has 0 unspecified atom stereocenters. The lowest BCUT2D eigenvalue weighted by Gasteiger charge is -2.09. The quantitative estimate of drug-likeness (QED) is 0.612. The first kappa shape index (κ1) is 16.2. The summed E-state index contributed by atoms with van der Waals surface area (Å²) in [4.78, 5) is 30.4. The number of benzene rings is 2. The first-order valence-corrected chi connectivity index (χ1v) is 8.35. The summed E-state index contributed by atoms with van der Waals surface area (Å²) in [7, 11) is 1.57. The number of ether oxygens (including phenoxy) is 1. The van der Waals surface area contributed by atoms with Gasteiger partial charge < -0.3 is 4.74 Å². The molecular weight excluding hydrogens is 330 g/mol. The fourth-order valence-electron chi connectivity index (χ4n) is 3.34. The molecule has 0 aliphatic rings. The van der Waals surface area contributed by atoms with Crippen molar-refractivity contribution in [2.24, 2.45) is 0 Å². The molecule has 130 valence electrons. The van der Waals surface area contributed by atoms with Crippen molar-refractivity contribution in [2.45, 2.75) is 6.54 Å². The van der Waals surface area contributed by atoms with Crippen molar-refractivity contribution in [1.82, 2.24) is 9.55 Å². The zero-order chi connectivity index (χ0) is 18.1. The van der Waals surface area contributed by atoms with Gasteiger partial charge in [-0.15, -0.1) is 0 Å². The third-order valence-electron chi connectivity index (χ3n) is 4.54. The highest BCUT2D eigenvalue weighted by atomic mass is 16.5. The van der Waals surface area contributed by atoms with E-state index in [9.17, 15) is 9.59 Å². The van der Waals surface area contributed by atoms with Gasteiger partial charge in [0.1, 0.15) is 11.9 Å². The average molecular weight is 348 g/mol. The Morgan fingerprint density at radius 2 is 1.85 bits per heavy atom. The molecule has 2 aromatic carbocycles. The van der Waals surface area contributed by atoms with Gasteiger partial charge in [0.2, 0.25) is 0 Å². The number of hydrogen-bond donors (Lipinski definition) is 1. The monoisotopic (exact) mass is 348 g/mol. The molecule has 2 aromatic heterocycles. The van der Waals surface area contributed by atoms with Gasteiger partial charge >= 0.3 is 5.69 Å². The molecule has 0 saturated heterocycles. The second kappa shape index (κ2) is 6.57. The first-order valence-electron chi connectivity index (χ1n) is 8.35. The van der Waals surface area contributed by atoms with Crippen LogP contribution < -0.4 is 16.2 Å². The van der Waals surface area contributed by atoms with E-state index in [1.54, 1.807) is 13.3 Å². The maximum absolute atomic E-state index is 12.6. The maximum Gasteiger partial charge on any atom is 0.415 e. The van der Waals surface area contributed by atoms with Crippen molar-refractivity contribution in [2.75, 3.05) is 13.7 Å². The molecule has 0 aliphatic carbocycles. The molecule has 2 N–H and O–H groups in total. The molecule has 0 saturated carbocycles. The minimum absolute atomic E-state index is 0.345. The summed E-state index contributed by atoms with van der Waals surface area (Å²) in [6.45, 7) is 0.714. The molecule has 0 atom stereocenters. The van der Waals surface area contributed by atoms with Crippen LogP contribution in [0.3, 0.4) is 0 Å². The molecular formula is C20H18N3O3+. The van der Waals surface area contributed by atoms with E-state index in [4.69, 9.17) is 4.74 Å². The van der Waals surface area contributed by atoms with E-state index in [1.807, 2.05) is 48.5 Å². The summed E-state index contributed by atoms with van der Waals surface area (Å²) in [5, 5.41) is 2.60. The van der Waals surface area contributed by atoms with Gasteiger partial charge in [0.15, 0.2) is 0 Å². The Hall–Kier alpha value is -3.25. The van der Waals surface area contributed by atoms with Gasteiger partial charge in [-0.05, 0) is 22.4 Å². The Bertz CT molecular complexity index is 1220. The number of nitrogens with one attached hydrogen (secondary N) is 2. The minimum atomic E-state index is -0.453. The lowest BCUT2D eigenvalue weighted by atomic mass is 9.97. The summed E-state index contributed by atoms with van der Waals surface area (Å²) in [6, 6.07) is 15.9. The van der Waals surface area contributed by atoms with Crippen molar-refractivity contribution in [3.05, 3.63) is 75.6 Å². The summed E-state index contributed by atoms with van der Waals surface area (Å²) >= 11 is 0. The van der Waals surface area contributed by atoms with Crippen LogP contribution in [0.2, 0.25) is 0 Å². The normalized spacial score (nSPS) is 11.3. The van der Waals surface area contributed by atoms with Crippen LogP contribution in [0.5, 0.6) is 0 Å². The number of aromatic nitrogens is 3. The molecule has 0 spiro atoms. The molecule has 4 aromatic rings. The zero-order valence-corrected chi connectivity index (χ0v) is 14.3. The number of H-pyrrole nitrogens is 2. The summed E-state index contributed by atoms with van der Waals surface area (Å²) in [5.41, 5.74) is 1.36. The number of fused-ring (bicyclic) bond motifs is 2. The minimum Gasteiger partial charge on any atom is -0.381 e.